The number of carbonyl (C=O) groups is 2. The lowest BCUT2D eigenvalue weighted by atomic mass is 10.1. The minimum Gasteiger partial charge on any atom is -0.369 e. The van der Waals surface area contributed by atoms with E-state index < -0.39 is 0 Å². The second-order valence-corrected chi connectivity index (χ2v) is 6.46. The van der Waals surface area contributed by atoms with E-state index in [4.69, 9.17) is 5.73 Å². The third kappa shape index (κ3) is 3.55. The summed E-state index contributed by atoms with van der Waals surface area (Å²) in [6, 6.07) is 7.25. The van der Waals surface area contributed by atoms with Gasteiger partial charge in [-0.15, -0.1) is 0 Å². The first-order valence-corrected chi connectivity index (χ1v) is 8.50. The maximum absolute atomic E-state index is 12.6. The van der Waals surface area contributed by atoms with Crippen LogP contribution in [-0.2, 0) is 16.1 Å². The maximum atomic E-state index is 12.6. The molecule has 1 aromatic heterocycles. The number of nitrogens with two attached hydrogens (primary N) is 1. The van der Waals surface area contributed by atoms with Gasteiger partial charge in [0.2, 0.25) is 11.8 Å². The van der Waals surface area contributed by atoms with Gasteiger partial charge in [-0.1, -0.05) is 12.1 Å². The van der Waals surface area contributed by atoms with Gasteiger partial charge in [-0.25, -0.2) is 4.98 Å². The van der Waals surface area contributed by atoms with Gasteiger partial charge in [-0.2, -0.15) is 0 Å². The van der Waals surface area contributed by atoms with Crippen LogP contribution in [0.25, 0.3) is 10.9 Å². The molecule has 0 bridgehead atoms. The van der Waals surface area contributed by atoms with Gasteiger partial charge in [0.1, 0.15) is 5.82 Å². The van der Waals surface area contributed by atoms with Crippen molar-refractivity contribution in [1.82, 2.24) is 14.5 Å². The van der Waals surface area contributed by atoms with Crippen LogP contribution in [0.2, 0.25) is 0 Å². The lowest BCUT2D eigenvalue weighted by molar-refractivity contribution is -0.130. The Morgan fingerprint density at radius 3 is 2.80 bits per heavy atom. The summed E-state index contributed by atoms with van der Waals surface area (Å²) in [6.45, 7) is 3.22. The fourth-order valence-corrected chi connectivity index (χ4v) is 3.31. The zero-order valence-corrected chi connectivity index (χ0v) is 14.3. The van der Waals surface area contributed by atoms with E-state index in [1.807, 2.05) is 18.2 Å². The molecule has 7 heteroatoms. The molecule has 2 N–H and O–H groups in total. The Bertz CT molecular complexity index is 874. The van der Waals surface area contributed by atoms with Crippen molar-refractivity contribution in [2.75, 3.05) is 13.1 Å². The van der Waals surface area contributed by atoms with Crippen molar-refractivity contribution in [3.05, 3.63) is 40.4 Å². The molecule has 7 nitrogen and oxygen atoms in total. The zero-order chi connectivity index (χ0) is 18.0. The molecule has 1 aliphatic rings. The van der Waals surface area contributed by atoms with Crippen LogP contribution in [0.3, 0.4) is 0 Å². The number of likely N-dealkylation sites (tertiary alicyclic amines) is 1. The minimum atomic E-state index is -0.347. The van der Waals surface area contributed by atoms with Crippen LogP contribution in [-0.4, -0.2) is 39.4 Å². The number of aryl methyl sites for hydroxylation is 1. The van der Waals surface area contributed by atoms with E-state index in [1.165, 1.54) is 0 Å². The summed E-state index contributed by atoms with van der Waals surface area (Å²) in [5, 5.41) is 0.586. The molecule has 3 rings (SSSR count). The van der Waals surface area contributed by atoms with Gasteiger partial charge >= 0.3 is 0 Å². The van der Waals surface area contributed by atoms with Gasteiger partial charge in [0.25, 0.3) is 5.56 Å². The monoisotopic (exact) mass is 342 g/mol. The molecule has 0 aliphatic carbocycles. The molecule has 0 radical (unpaired) electrons. The average Bonchev–Trinajstić information content (AvgIpc) is 3.08. The summed E-state index contributed by atoms with van der Waals surface area (Å²) in [4.78, 5) is 42.2. The first-order chi connectivity index (χ1) is 12.0. The number of hydrogen-bond donors (Lipinski definition) is 1. The average molecular weight is 342 g/mol. The van der Waals surface area contributed by atoms with E-state index in [-0.39, 0.29) is 23.3 Å². The van der Waals surface area contributed by atoms with E-state index in [0.717, 1.165) is 0 Å². The second kappa shape index (κ2) is 7.04. The van der Waals surface area contributed by atoms with Crippen LogP contribution < -0.4 is 11.3 Å². The smallest absolute Gasteiger partial charge is 0.261 e. The van der Waals surface area contributed by atoms with Crippen molar-refractivity contribution in [2.24, 2.45) is 11.7 Å². The number of fused-ring (bicyclic) bond motifs is 1. The van der Waals surface area contributed by atoms with E-state index in [1.54, 1.807) is 22.5 Å². The fourth-order valence-electron chi connectivity index (χ4n) is 3.31. The van der Waals surface area contributed by atoms with Gasteiger partial charge in [0.05, 0.1) is 16.8 Å². The van der Waals surface area contributed by atoms with Crippen LogP contribution >= 0.6 is 0 Å². The first kappa shape index (κ1) is 17.1. The van der Waals surface area contributed by atoms with Crippen molar-refractivity contribution < 1.29 is 9.59 Å². The van der Waals surface area contributed by atoms with E-state index >= 15 is 0 Å². The van der Waals surface area contributed by atoms with Gasteiger partial charge in [-0.05, 0) is 31.9 Å². The molecule has 1 atom stereocenters. The Hall–Kier alpha value is -2.70. The van der Waals surface area contributed by atoms with Crippen LogP contribution in [0.15, 0.2) is 29.1 Å². The number of para-hydroxylation sites is 1. The highest BCUT2D eigenvalue weighted by molar-refractivity contribution is 5.81. The van der Waals surface area contributed by atoms with Gasteiger partial charge in [-0.3, -0.25) is 19.0 Å². The lowest BCUT2D eigenvalue weighted by Crippen LogP contribution is -2.32. The number of nitrogens with zero attached hydrogens (tertiary/aromatic N) is 3. The maximum Gasteiger partial charge on any atom is 0.261 e. The number of benzene rings is 1. The Labute approximate surface area is 145 Å². The molecule has 132 valence electrons. The molecule has 0 saturated carbocycles. The minimum absolute atomic E-state index is 0.00296. The summed E-state index contributed by atoms with van der Waals surface area (Å²) in [6.07, 6.45) is 1.52. The predicted molar refractivity (Wildman–Crippen MR) is 93.9 cm³/mol. The Morgan fingerprint density at radius 2 is 2.08 bits per heavy atom. The Balaban J connectivity index is 1.63. The second-order valence-electron chi connectivity index (χ2n) is 6.46. The highest BCUT2D eigenvalue weighted by Crippen LogP contribution is 2.17. The molecule has 2 heterocycles. The van der Waals surface area contributed by atoms with Crippen molar-refractivity contribution in [2.45, 2.75) is 32.7 Å². The zero-order valence-electron chi connectivity index (χ0n) is 14.3. The number of primary amides is 1. The summed E-state index contributed by atoms with van der Waals surface area (Å²) >= 11 is 0. The molecule has 1 aromatic carbocycles. The van der Waals surface area contributed by atoms with E-state index in [2.05, 4.69) is 4.98 Å². The van der Waals surface area contributed by atoms with E-state index in [0.29, 0.717) is 55.6 Å². The number of amides is 2. The quantitative estimate of drug-likeness (QED) is 0.869. The van der Waals surface area contributed by atoms with Gasteiger partial charge in [0, 0.05) is 26.1 Å². The SMILES string of the molecule is Cc1nc2ccccc2c(=O)n1CCCC(=O)N1CC[C@@H](C(N)=O)C1. The molecule has 1 saturated heterocycles. The summed E-state index contributed by atoms with van der Waals surface area (Å²) in [5.41, 5.74) is 5.90. The van der Waals surface area contributed by atoms with Crippen LogP contribution in [0, 0.1) is 12.8 Å². The molecule has 0 unspecified atom stereocenters. The standard InChI is InChI=1S/C18H22N4O3/c1-12-20-15-6-3-2-5-14(15)18(25)22(12)9-4-7-16(23)21-10-8-13(11-21)17(19)24/h2-3,5-6,13H,4,7-11H2,1H3,(H2,19,24)/t13-/m1/s1. The highest BCUT2D eigenvalue weighted by Gasteiger charge is 2.29. The molecular formula is C18H22N4O3. The largest absolute Gasteiger partial charge is 0.369 e. The van der Waals surface area contributed by atoms with Crippen LogP contribution in [0.1, 0.15) is 25.1 Å². The van der Waals surface area contributed by atoms with E-state index in [9.17, 15) is 14.4 Å². The summed E-state index contributed by atoms with van der Waals surface area (Å²) < 4.78 is 1.62. The highest BCUT2D eigenvalue weighted by atomic mass is 16.2. The molecular weight excluding hydrogens is 320 g/mol. The van der Waals surface area contributed by atoms with Crippen molar-refractivity contribution in [3.63, 3.8) is 0 Å². The lowest BCUT2D eigenvalue weighted by Gasteiger charge is -2.16. The van der Waals surface area contributed by atoms with Crippen LogP contribution in [0.4, 0.5) is 0 Å². The predicted octanol–water partition coefficient (Wildman–Crippen LogP) is 0.819. The third-order valence-electron chi connectivity index (χ3n) is 4.77. The number of aromatic nitrogens is 2. The van der Waals surface area contributed by atoms with Crippen LogP contribution in [0.5, 0.6) is 0 Å². The Morgan fingerprint density at radius 1 is 1.32 bits per heavy atom. The number of rotatable bonds is 5. The van der Waals surface area contributed by atoms with Gasteiger partial charge < -0.3 is 10.6 Å². The molecule has 1 fully saturated rings. The molecule has 0 spiro atoms. The molecule has 2 amide bonds. The van der Waals surface area contributed by atoms with Crippen molar-refractivity contribution in [3.8, 4) is 0 Å². The fraction of sp³-hybridized carbons (Fsp3) is 0.444. The van der Waals surface area contributed by atoms with Crippen molar-refractivity contribution >= 4 is 22.7 Å². The molecule has 2 aromatic rings. The van der Waals surface area contributed by atoms with Gasteiger partial charge in [0.15, 0.2) is 0 Å². The summed E-state index contributed by atoms with van der Waals surface area (Å²) in [5.74, 6) is 0.0625. The topological polar surface area (TPSA) is 98.3 Å². The number of hydrogen-bond acceptors (Lipinski definition) is 4. The number of carbonyl (C=O) groups excluding carboxylic acids is 2. The summed E-state index contributed by atoms with van der Waals surface area (Å²) in [7, 11) is 0. The normalized spacial score (nSPS) is 17.2. The Kier molecular flexibility index (Phi) is 4.83. The van der Waals surface area contributed by atoms with Crippen molar-refractivity contribution in [1.29, 1.82) is 0 Å². The first-order valence-electron chi connectivity index (χ1n) is 8.50. The molecule has 1 aliphatic heterocycles. The third-order valence-corrected chi connectivity index (χ3v) is 4.77. The molecule has 25 heavy (non-hydrogen) atoms.